The maximum atomic E-state index is 14.2. The molecule has 0 saturated heterocycles. The molecule has 0 spiro atoms. The van der Waals surface area contributed by atoms with E-state index in [0.29, 0.717) is 18.9 Å². The number of hydrogen-bond donors (Lipinski definition) is 1. The lowest BCUT2D eigenvalue weighted by Crippen LogP contribution is -2.53. The second-order valence-electron chi connectivity index (χ2n) is 9.62. The molecule has 1 unspecified atom stereocenters. The Morgan fingerprint density at radius 3 is 2.23 bits per heavy atom. The van der Waals surface area contributed by atoms with Gasteiger partial charge in [-0.15, -0.1) is 0 Å². The Hall–Kier alpha value is -3.85. The maximum absolute atomic E-state index is 14.2. The van der Waals surface area contributed by atoms with Crippen molar-refractivity contribution in [1.82, 2.24) is 10.2 Å². The van der Waals surface area contributed by atoms with Crippen LogP contribution in [-0.4, -0.2) is 57.1 Å². The molecule has 0 heterocycles. The van der Waals surface area contributed by atoms with Gasteiger partial charge in [0, 0.05) is 19.5 Å². The molecule has 0 aliphatic carbocycles. The number of carbonyl (C=O) groups excluding carboxylic acids is 2. The minimum Gasteiger partial charge on any atom is -0.492 e. The number of benzene rings is 3. The quantitative estimate of drug-likeness (QED) is 0.314. The van der Waals surface area contributed by atoms with E-state index in [1.54, 1.807) is 31.2 Å². The SMILES string of the molecule is CCCNC(=O)C(Cc1ccccc1)N(Cc1ccccc1C)C(=O)CN(c1ccccc1OCC)S(C)(=O)=O. The number of rotatable bonds is 14. The summed E-state index contributed by atoms with van der Waals surface area (Å²) in [4.78, 5) is 29.2. The van der Waals surface area contributed by atoms with Crippen LogP contribution >= 0.6 is 0 Å². The number of anilines is 1. The van der Waals surface area contributed by atoms with Gasteiger partial charge >= 0.3 is 0 Å². The van der Waals surface area contributed by atoms with Crippen LogP contribution in [0.2, 0.25) is 0 Å². The molecular formula is C31H39N3O5S. The van der Waals surface area contributed by atoms with E-state index in [2.05, 4.69) is 5.32 Å². The van der Waals surface area contributed by atoms with Gasteiger partial charge in [0.15, 0.2) is 0 Å². The Morgan fingerprint density at radius 2 is 1.57 bits per heavy atom. The van der Waals surface area contributed by atoms with Crippen molar-refractivity contribution >= 4 is 27.5 Å². The van der Waals surface area contributed by atoms with E-state index in [1.165, 1.54) is 4.90 Å². The first kappa shape index (κ1) is 30.7. The van der Waals surface area contributed by atoms with E-state index in [0.717, 1.165) is 33.7 Å². The summed E-state index contributed by atoms with van der Waals surface area (Å²) >= 11 is 0. The van der Waals surface area contributed by atoms with Crippen molar-refractivity contribution in [2.24, 2.45) is 0 Å². The van der Waals surface area contributed by atoms with Crippen molar-refractivity contribution in [3.05, 3.63) is 95.6 Å². The Labute approximate surface area is 238 Å². The smallest absolute Gasteiger partial charge is 0.244 e. The molecule has 3 aromatic rings. The number of aryl methyl sites for hydroxylation is 1. The molecule has 214 valence electrons. The van der Waals surface area contributed by atoms with Crippen molar-refractivity contribution in [3.63, 3.8) is 0 Å². The predicted octanol–water partition coefficient (Wildman–Crippen LogP) is 4.33. The zero-order chi connectivity index (χ0) is 29.1. The molecular weight excluding hydrogens is 526 g/mol. The summed E-state index contributed by atoms with van der Waals surface area (Å²) in [7, 11) is -3.88. The third-order valence-electron chi connectivity index (χ3n) is 6.54. The largest absolute Gasteiger partial charge is 0.492 e. The zero-order valence-electron chi connectivity index (χ0n) is 23.7. The number of carbonyl (C=O) groups is 2. The highest BCUT2D eigenvalue weighted by Crippen LogP contribution is 2.30. The van der Waals surface area contributed by atoms with E-state index in [1.807, 2.05) is 68.4 Å². The first-order chi connectivity index (χ1) is 19.2. The molecule has 3 rings (SSSR count). The predicted molar refractivity (Wildman–Crippen MR) is 159 cm³/mol. The third kappa shape index (κ3) is 8.32. The van der Waals surface area contributed by atoms with Gasteiger partial charge in [0.25, 0.3) is 0 Å². The summed E-state index contributed by atoms with van der Waals surface area (Å²) in [5.41, 5.74) is 3.00. The van der Waals surface area contributed by atoms with Gasteiger partial charge in [-0.2, -0.15) is 0 Å². The van der Waals surface area contributed by atoms with Crippen LogP contribution in [0.5, 0.6) is 5.75 Å². The highest BCUT2D eigenvalue weighted by molar-refractivity contribution is 7.92. The summed E-state index contributed by atoms with van der Waals surface area (Å²) in [6.45, 7) is 6.17. The maximum Gasteiger partial charge on any atom is 0.244 e. The van der Waals surface area contributed by atoms with Crippen molar-refractivity contribution in [2.45, 2.75) is 46.2 Å². The van der Waals surface area contributed by atoms with Crippen molar-refractivity contribution in [2.75, 3.05) is 30.3 Å². The molecule has 0 fully saturated rings. The normalized spacial score (nSPS) is 11.9. The molecule has 3 aromatic carbocycles. The van der Waals surface area contributed by atoms with E-state index in [9.17, 15) is 18.0 Å². The third-order valence-corrected chi connectivity index (χ3v) is 7.66. The van der Waals surface area contributed by atoms with Gasteiger partial charge in [-0.25, -0.2) is 8.42 Å². The molecule has 0 aliphatic rings. The average molecular weight is 566 g/mol. The number of hydrogen-bond acceptors (Lipinski definition) is 5. The summed E-state index contributed by atoms with van der Waals surface area (Å²) < 4.78 is 32.8. The van der Waals surface area contributed by atoms with Crippen LogP contribution < -0.4 is 14.4 Å². The minimum absolute atomic E-state index is 0.146. The van der Waals surface area contributed by atoms with E-state index in [-0.39, 0.29) is 24.6 Å². The topological polar surface area (TPSA) is 96.0 Å². The van der Waals surface area contributed by atoms with E-state index >= 15 is 0 Å². The fraction of sp³-hybridized carbons (Fsp3) is 0.355. The fourth-order valence-corrected chi connectivity index (χ4v) is 5.28. The lowest BCUT2D eigenvalue weighted by Gasteiger charge is -2.34. The molecule has 1 atom stereocenters. The van der Waals surface area contributed by atoms with Crippen molar-refractivity contribution in [1.29, 1.82) is 0 Å². The van der Waals surface area contributed by atoms with Gasteiger partial charge in [-0.1, -0.05) is 73.7 Å². The molecule has 1 N–H and O–H groups in total. The molecule has 0 bridgehead atoms. The van der Waals surface area contributed by atoms with Gasteiger partial charge in [0.05, 0.1) is 18.6 Å². The first-order valence-electron chi connectivity index (χ1n) is 13.5. The average Bonchev–Trinajstić information content (AvgIpc) is 2.93. The second kappa shape index (κ2) is 14.5. The van der Waals surface area contributed by atoms with Crippen LogP contribution in [-0.2, 0) is 32.6 Å². The number of ether oxygens (including phenoxy) is 1. The minimum atomic E-state index is -3.88. The lowest BCUT2D eigenvalue weighted by molar-refractivity contribution is -0.140. The molecule has 2 amide bonds. The van der Waals surface area contributed by atoms with Gasteiger partial charge in [0.2, 0.25) is 21.8 Å². The molecule has 40 heavy (non-hydrogen) atoms. The fourth-order valence-electron chi connectivity index (χ4n) is 4.43. The van der Waals surface area contributed by atoms with Gasteiger partial charge < -0.3 is 15.0 Å². The summed E-state index contributed by atoms with van der Waals surface area (Å²) in [6, 6.07) is 23.0. The van der Waals surface area contributed by atoms with Crippen molar-refractivity contribution < 1.29 is 22.7 Å². The second-order valence-corrected chi connectivity index (χ2v) is 11.5. The Balaban J connectivity index is 2.08. The van der Waals surface area contributed by atoms with E-state index in [4.69, 9.17) is 4.74 Å². The Bertz CT molecular complexity index is 1380. The standard InChI is InChI=1S/C31H39N3O5S/c1-5-20-32-31(36)28(21-25-15-8-7-9-16-25)33(22-26-17-11-10-14-24(26)3)30(35)23-34(40(4,37)38)27-18-12-13-19-29(27)39-6-2/h7-19,28H,5-6,20-23H2,1-4H3,(H,32,36). The van der Waals surface area contributed by atoms with E-state index < -0.39 is 28.5 Å². The summed E-state index contributed by atoms with van der Waals surface area (Å²) in [5, 5.41) is 2.94. The van der Waals surface area contributed by atoms with Gasteiger partial charge in [0.1, 0.15) is 18.3 Å². The summed E-state index contributed by atoms with van der Waals surface area (Å²) in [6.07, 6.45) is 2.08. The zero-order valence-corrected chi connectivity index (χ0v) is 24.5. The van der Waals surface area contributed by atoms with Crippen LogP contribution in [0, 0.1) is 6.92 Å². The van der Waals surface area contributed by atoms with Crippen LogP contribution in [0.1, 0.15) is 37.0 Å². The lowest BCUT2D eigenvalue weighted by atomic mass is 10.0. The van der Waals surface area contributed by atoms with Crippen LogP contribution in [0.15, 0.2) is 78.9 Å². The molecule has 0 saturated carbocycles. The number of amides is 2. The monoisotopic (exact) mass is 565 g/mol. The first-order valence-corrected chi connectivity index (χ1v) is 15.4. The Kier molecular flexibility index (Phi) is 11.1. The number of para-hydroxylation sites is 2. The summed E-state index contributed by atoms with van der Waals surface area (Å²) in [5.74, 6) is -0.420. The highest BCUT2D eigenvalue weighted by atomic mass is 32.2. The molecule has 0 aliphatic heterocycles. The van der Waals surface area contributed by atoms with Crippen molar-refractivity contribution in [3.8, 4) is 5.75 Å². The van der Waals surface area contributed by atoms with Gasteiger partial charge in [-0.05, 0) is 49.1 Å². The van der Waals surface area contributed by atoms with Crippen LogP contribution in [0.3, 0.4) is 0 Å². The number of nitrogens with zero attached hydrogens (tertiary/aromatic N) is 2. The molecule has 8 nitrogen and oxygen atoms in total. The molecule has 0 radical (unpaired) electrons. The number of sulfonamides is 1. The molecule has 0 aromatic heterocycles. The van der Waals surface area contributed by atoms with Crippen LogP contribution in [0.4, 0.5) is 5.69 Å². The van der Waals surface area contributed by atoms with Crippen LogP contribution in [0.25, 0.3) is 0 Å². The number of nitrogens with one attached hydrogen (secondary N) is 1. The Morgan fingerprint density at radius 1 is 0.925 bits per heavy atom. The van der Waals surface area contributed by atoms with Gasteiger partial charge in [-0.3, -0.25) is 13.9 Å². The highest BCUT2D eigenvalue weighted by Gasteiger charge is 2.33. The molecule has 9 heteroatoms.